The van der Waals surface area contributed by atoms with Crippen molar-refractivity contribution in [1.29, 1.82) is 0 Å². The summed E-state index contributed by atoms with van der Waals surface area (Å²) in [4.78, 5) is 24.1. The van der Waals surface area contributed by atoms with E-state index in [2.05, 4.69) is 32.7 Å². The fraction of sp³-hybridized carbons (Fsp3) is 0.852. The van der Waals surface area contributed by atoms with Crippen molar-refractivity contribution in [1.82, 2.24) is 5.32 Å². The van der Waals surface area contributed by atoms with Crippen molar-refractivity contribution >= 4 is 12.1 Å². The molecule has 0 aliphatic heterocycles. The van der Waals surface area contributed by atoms with Gasteiger partial charge in [-0.1, -0.05) is 105 Å². The van der Waals surface area contributed by atoms with Crippen molar-refractivity contribution in [2.75, 3.05) is 6.79 Å². The Morgan fingerprint density at radius 1 is 0.969 bits per heavy atom. The number of rotatable bonds is 15. The Morgan fingerprint density at radius 3 is 2.12 bits per heavy atom. The molecule has 2 atom stereocenters. The third-order valence-corrected chi connectivity index (χ3v) is 5.95. The van der Waals surface area contributed by atoms with E-state index in [1.54, 1.807) is 0 Å². The molecule has 0 heterocycles. The third-order valence-electron chi connectivity index (χ3n) is 5.95. The minimum Gasteiger partial charge on any atom is -0.428 e. The number of alkyl carbamates (subject to hydrolysis) is 1. The Bertz CT molecular complexity index is 520. The van der Waals surface area contributed by atoms with E-state index in [4.69, 9.17) is 9.47 Å². The summed E-state index contributed by atoms with van der Waals surface area (Å²) in [5.41, 5.74) is 0.885. The van der Waals surface area contributed by atoms with Crippen LogP contribution in [-0.4, -0.2) is 24.4 Å². The number of esters is 1. The van der Waals surface area contributed by atoms with E-state index < -0.39 is 6.09 Å². The molecule has 5 heteroatoms. The Hall–Kier alpha value is -1.52. The van der Waals surface area contributed by atoms with Gasteiger partial charge in [0.05, 0.1) is 0 Å². The summed E-state index contributed by atoms with van der Waals surface area (Å²) in [5.74, 6) is 0.195. The van der Waals surface area contributed by atoms with Gasteiger partial charge in [-0.3, -0.25) is 4.79 Å². The van der Waals surface area contributed by atoms with Crippen molar-refractivity contribution in [3.05, 3.63) is 12.2 Å². The maximum atomic E-state index is 12.3. The zero-order valence-corrected chi connectivity index (χ0v) is 21.7. The minimum absolute atomic E-state index is 0.291. The van der Waals surface area contributed by atoms with Crippen LogP contribution in [0.4, 0.5) is 4.79 Å². The van der Waals surface area contributed by atoms with E-state index in [1.165, 1.54) is 50.5 Å². The van der Waals surface area contributed by atoms with Crippen LogP contribution in [0.25, 0.3) is 0 Å². The molecule has 0 radical (unpaired) electrons. The van der Waals surface area contributed by atoms with Gasteiger partial charge < -0.3 is 14.8 Å². The predicted molar refractivity (Wildman–Crippen MR) is 134 cm³/mol. The van der Waals surface area contributed by atoms with Gasteiger partial charge in [0.1, 0.15) is 0 Å². The largest absolute Gasteiger partial charge is 0.428 e. The highest BCUT2D eigenvalue weighted by Gasteiger charge is 2.37. The minimum atomic E-state index is -0.513. The quantitative estimate of drug-likeness (QED) is 0.118. The summed E-state index contributed by atoms with van der Waals surface area (Å²) in [5, 5.41) is 3.04. The van der Waals surface area contributed by atoms with Crippen molar-refractivity contribution in [2.24, 2.45) is 5.92 Å². The Morgan fingerprint density at radius 2 is 1.56 bits per heavy atom. The smallest absolute Gasteiger partial charge is 0.410 e. The molecular weight excluding hydrogens is 402 g/mol. The average Bonchev–Trinajstić information content (AvgIpc) is 2.73. The summed E-state index contributed by atoms with van der Waals surface area (Å²) >= 11 is 0. The zero-order valence-electron chi connectivity index (χ0n) is 21.7. The van der Waals surface area contributed by atoms with Crippen molar-refractivity contribution in [3.63, 3.8) is 0 Å². The van der Waals surface area contributed by atoms with Crippen LogP contribution in [0.1, 0.15) is 131 Å². The Balaban J connectivity index is 0.00000466. The van der Waals surface area contributed by atoms with Crippen LogP contribution in [-0.2, 0) is 14.3 Å². The van der Waals surface area contributed by atoms with Crippen LogP contribution in [0.3, 0.4) is 0 Å². The molecule has 32 heavy (non-hydrogen) atoms. The van der Waals surface area contributed by atoms with Crippen molar-refractivity contribution in [2.45, 2.75) is 136 Å². The topological polar surface area (TPSA) is 64.6 Å². The Kier molecular flexibility index (Phi) is 18.1. The molecule has 5 nitrogen and oxygen atoms in total. The summed E-state index contributed by atoms with van der Waals surface area (Å²) < 4.78 is 10.2. The SMILES string of the molecule is C=C1CC(C)CC(CCC)(NC(=O)OCOC(=O)CCCCCCCCCCC)C1.CC. The van der Waals surface area contributed by atoms with Crippen LogP contribution >= 0.6 is 0 Å². The standard InChI is InChI=1S/C25H45NO4.C2H6/c1-5-7-8-9-10-11-12-13-14-15-23(27)29-20-30-24(28)26-25(16-6-2)18-21(3)17-22(4)19-25;1-2/h22H,3,5-20H2,1-2,4H3,(H,26,28);1-2H3. The molecule has 1 saturated carbocycles. The van der Waals surface area contributed by atoms with Gasteiger partial charge in [0.25, 0.3) is 0 Å². The fourth-order valence-electron chi connectivity index (χ4n) is 4.74. The molecule has 0 aromatic rings. The van der Waals surface area contributed by atoms with Crippen LogP contribution in [0.2, 0.25) is 0 Å². The lowest BCUT2D eigenvalue weighted by Gasteiger charge is -2.41. The maximum Gasteiger partial charge on any atom is 0.410 e. The van der Waals surface area contributed by atoms with Gasteiger partial charge in [0.15, 0.2) is 0 Å². The van der Waals surface area contributed by atoms with Gasteiger partial charge in [-0.2, -0.15) is 0 Å². The Labute approximate surface area is 198 Å². The molecule has 1 N–H and O–H groups in total. The van der Waals surface area contributed by atoms with E-state index in [0.717, 1.165) is 44.9 Å². The van der Waals surface area contributed by atoms with Gasteiger partial charge in [-0.05, 0) is 38.0 Å². The number of amides is 1. The first kappa shape index (κ1) is 30.5. The first-order chi connectivity index (χ1) is 15.4. The molecule has 1 fully saturated rings. The fourth-order valence-corrected chi connectivity index (χ4v) is 4.74. The van der Waals surface area contributed by atoms with Crippen LogP contribution < -0.4 is 5.32 Å². The molecule has 1 aliphatic carbocycles. The highest BCUT2D eigenvalue weighted by molar-refractivity contribution is 5.70. The molecule has 0 spiro atoms. The number of carbonyl (C=O) groups is 2. The summed E-state index contributed by atoms with van der Waals surface area (Å²) in [6, 6.07) is 0. The number of ether oxygens (including phenoxy) is 2. The highest BCUT2D eigenvalue weighted by atomic mass is 16.7. The van der Waals surface area contributed by atoms with E-state index in [9.17, 15) is 9.59 Å². The van der Waals surface area contributed by atoms with Gasteiger partial charge in [0, 0.05) is 12.0 Å². The third kappa shape index (κ3) is 14.5. The first-order valence-corrected chi connectivity index (χ1v) is 13.2. The molecule has 0 aromatic carbocycles. The second kappa shape index (κ2) is 19.0. The van der Waals surface area contributed by atoms with E-state index in [0.29, 0.717) is 12.3 Å². The van der Waals surface area contributed by atoms with E-state index in [-0.39, 0.29) is 18.3 Å². The predicted octanol–water partition coefficient (Wildman–Crippen LogP) is 8.08. The van der Waals surface area contributed by atoms with Crippen molar-refractivity contribution in [3.8, 4) is 0 Å². The van der Waals surface area contributed by atoms with Crippen molar-refractivity contribution < 1.29 is 19.1 Å². The number of nitrogens with one attached hydrogen (secondary N) is 1. The summed E-state index contributed by atoms with van der Waals surface area (Å²) in [7, 11) is 0. The zero-order chi connectivity index (χ0) is 24.2. The van der Waals surface area contributed by atoms with E-state index in [1.807, 2.05) is 13.8 Å². The van der Waals surface area contributed by atoms with Crippen LogP contribution in [0.15, 0.2) is 12.2 Å². The molecule has 2 unspecified atom stereocenters. The number of carbonyl (C=O) groups excluding carboxylic acids is 2. The van der Waals surface area contributed by atoms with Crippen LogP contribution in [0, 0.1) is 5.92 Å². The van der Waals surface area contributed by atoms with Gasteiger partial charge in [-0.25, -0.2) is 4.79 Å². The lowest BCUT2D eigenvalue weighted by Crippen LogP contribution is -2.51. The van der Waals surface area contributed by atoms with E-state index >= 15 is 0 Å². The normalized spacial score (nSPS) is 20.2. The van der Waals surface area contributed by atoms with Gasteiger partial charge in [-0.15, -0.1) is 0 Å². The monoisotopic (exact) mass is 453 g/mol. The first-order valence-electron chi connectivity index (χ1n) is 13.2. The van der Waals surface area contributed by atoms with Crippen LogP contribution in [0.5, 0.6) is 0 Å². The molecule has 0 aromatic heterocycles. The molecule has 1 aliphatic rings. The second-order valence-electron chi connectivity index (χ2n) is 9.24. The number of hydrogen-bond acceptors (Lipinski definition) is 4. The summed E-state index contributed by atoms with van der Waals surface area (Å²) in [6.07, 6.45) is 15.3. The molecular formula is C27H51NO4. The molecule has 0 saturated heterocycles. The lowest BCUT2D eigenvalue weighted by molar-refractivity contribution is -0.152. The summed E-state index contributed by atoms with van der Waals surface area (Å²) in [6.45, 7) is 14.4. The maximum absolute atomic E-state index is 12.3. The molecule has 0 bridgehead atoms. The number of unbranched alkanes of at least 4 members (excludes halogenated alkanes) is 8. The average molecular weight is 454 g/mol. The number of hydrogen-bond donors (Lipinski definition) is 1. The van der Waals surface area contributed by atoms with Gasteiger partial charge in [0.2, 0.25) is 6.79 Å². The molecule has 1 amide bonds. The lowest BCUT2D eigenvalue weighted by atomic mass is 9.72. The second-order valence-corrected chi connectivity index (χ2v) is 9.24. The molecule has 1 rings (SSSR count). The van der Waals surface area contributed by atoms with Gasteiger partial charge >= 0.3 is 12.1 Å². The highest BCUT2D eigenvalue weighted by Crippen LogP contribution is 2.38. The molecule has 188 valence electrons.